The topological polar surface area (TPSA) is 75.6 Å². The van der Waals surface area contributed by atoms with Crippen LogP contribution < -0.4 is 0 Å². The minimum Gasteiger partial charge on any atom is -0.420 e. The molecular weight excluding hydrogens is 773 g/mol. The first kappa shape index (κ1) is 46.7. The van der Waals surface area contributed by atoms with Gasteiger partial charge in [-0.3, -0.25) is 0 Å². The summed E-state index contributed by atoms with van der Waals surface area (Å²) in [6.07, 6.45) is -26.9. The Morgan fingerprint density at radius 2 is 1.25 bits per heavy atom. The highest BCUT2D eigenvalue weighted by Gasteiger charge is 2.73. The zero-order valence-electron chi connectivity index (χ0n) is 29.7. The van der Waals surface area contributed by atoms with Crippen LogP contribution in [0.3, 0.4) is 0 Å². The molecule has 2 bridgehead atoms. The van der Waals surface area contributed by atoms with Crippen LogP contribution >= 0.6 is 0 Å². The monoisotopic (exact) mass is 822 g/mol. The summed E-state index contributed by atoms with van der Waals surface area (Å²) >= 11 is 0. The molecule has 22 heteroatoms. The summed E-state index contributed by atoms with van der Waals surface area (Å²) in [5.74, 6) is -2.15. The van der Waals surface area contributed by atoms with Crippen molar-refractivity contribution in [3.05, 3.63) is 0 Å². The average Bonchev–Trinajstić information content (AvgIpc) is 3.62. The first-order valence-electron chi connectivity index (χ1n) is 16.6. The Hall–Kier alpha value is -0.469. The van der Waals surface area contributed by atoms with Crippen LogP contribution in [0.1, 0.15) is 52.4 Å². The Kier molecular flexibility index (Phi) is 15.3. The van der Waals surface area contributed by atoms with Crippen LogP contribution in [0.5, 0.6) is 0 Å². The summed E-state index contributed by atoms with van der Waals surface area (Å²) < 4.78 is 200. The number of alkyl halides is 12. The highest BCUT2D eigenvalue weighted by atomic mass is 28.4. The van der Waals surface area contributed by atoms with Crippen LogP contribution in [0.4, 0.5) is 52.7 Å². The Morgan fingerprint density at radius 1 is 0.706 bits per heavy atom. The molecular formula is C29H50F12O7Si3. The van der Waals surface area contributed by atoms with Crippen molar-refractivity contribution in [1.82, 2.24) is 0 Å². The number of aliphatic hydroxyl groups is 1. The molecule has 0 aliphatic heterocycles. The molecule has 304 valence electrons. The Bertz CT molecular complexity index is 1070. The second kappa shape index (κ2) is 16.7. The van der Waals surface area contributed by atoms with Gasteiger partial charge in [-0.2, -0.15) is 52.7 Å². The maximum Gasteiger partial charge on any atom is 0.426 e. The summed E-state index contributed by atoms with van der Waals surface area (Å²) in [5.41, 5.74) is -9.97. The van der Waals surface area contributed by atoms with Crippen molar-refractivity contribution >= 4 is 25.2 Å². The lowest BCUT2D eigenvalue weighted by atomic mass is 9.79. The Morgan fingerprint density at radius 3 is 1.65 bits per heavy atom. The largest absolute Gasteiger partial charge is 0.426 e. The number of fused-ring (bicyclic) bond motifs is 2. The van der Waals surface area contributed by atoms with Gasteiger partial charge in [0.25, 0.3) is 11.2 Å². The van der Waals surface area contributed by atoms with Crippen LogP contribution in [0.2, 0.25) is 35.5 Å². The lowest BCUT2D eigenvalue weighted by Gasteiger charge is -2.47. The summed E-state index contributed by atoms with van der Waals surface area (Å²) in [5, 5.41) is 10.0. The zero-order chi connectivity index (χ0) is 39.5. The smallest absolute Gasteiger partial charge is 0.420 e. The summed E-state index contributed by atoms with van der Waals surface area (Å²) in [6, 6.07) is 0.0362. The van der Waals surface area contributed by atoms with E-state index >= 15 is 0 Å². The molecule has 0 aromatic heterocycles. The Labute approximate surface area is 293 Å². The quantitative estimate of drug-likeness (QED) is 0.0569. The van der Waals surface area contributed by atoms with Gasteiger partial charge in [-0.25, -0.2) is 0 Å². The number of rotatable bonds is 20. The second-order valence-corrected chi connectivity index (χ2v) is 27.2. The van der Waals surface area contributed by atoms with Gasteiger partial charge in [-0.15, -0.1) is 0 Å². The molecule has 0 aromatic rings. The van der Waals surface area contributed by atoms with Gasteiger partial charge < -0.3 is 32.3 Å². The van der Waals surface area contributed by atoms with Crippen molar-refractivity contribution in [2.75, 3.05) is 41.8 Å². The maximum absolute atomic E-state index is 14.2. The number of halogens is 12. The van der Waals surface area contributed by atoms with E-state index in [1.54, 1.807) is 13.5 Å². The van der Waals surface area contributed by atoms with E-state index in [0.717, 1.165) is 0 Å². The van der Waals surface area contributed by atoms with Gasteiger partial charge in [-0.1, -0.05) is 13.3 Å². The van der Waals surface area contributed by atoms with Crippen molar-refractivity contribution in [2.45, 2.75) is 124 Å². The number of hydrogen-bond donors (Lipinski definition) is 1. The third-order valence-corrected chi connectivity index (χ3v) is 29.3. The van der Waals surface area contributed by atoms with Crippen molar-refractivity contribution in [3.63, 3.8) is 0 Å². The standard InChI is InChI=1S/C29H50F12O7Si3/c1-8-47-17-48-25(28(36,37)38,29(39,40)41)11-10-12-50(44-4,19-51(9-2,45-5)46-6)18-49(7,43-3)23-15-20-13-21(22(23)14-20)16-24(42,26(30,31)32)27(33,34)35/h20-23,42H,8-19H2,1-7H3. The molecule has 2 saturated carbocycles. The lowest BCUT2D eigenvalue weighted by Crippen LogP contribution is -2.60. The van der Waals surface area contributed by atoms with E-state index in [1.165, 1.54) is 35.4 Å². The van der Waals surface area contributed by atoms with E-state index in [-0.39, 0.29) is 42.7 Å². The fourth-order valence-corrected chi connectivity index (χ4v) is 29.6. The van der Waals surface area contributed by atoms with E-state index in [4.69, 9.17) is 17.7 Å². The van der Waals surface area contributed by atoms with Gasteiger partial charge in [0.05, 0.1) is 0 Å². The molecule has 2 rings (SSSR count). The average molecular weight is 823 g/mol. The van der Waals surface area contributed by atoms with E-state index in [9.17, 15) is 57.8 Å². The van der Waals surface area contributed by atoms with E-state index < -0.39 is 105 Å². The van der Waals surface area contributed by atoms with Crippen LogP contribution in [-0.2, 0) is 27.2 Å². The van der Waals surface area contributed by atoms with E-state index in [2.05, 4.69) is 9.47 Å². The summed E-state index contributed by atoms with van der Waals surface area (Å²) in [7, 11) is -4.78. The molecule has 2 aliphatic rings. The van der Waals surface area contributed by atoms with E-state index in [1.807, 2.05) is 0 Å². The molecule has 7 nitrogen and oxygen atoms in total. The van der Waals surface area contributed by atoms with Gasteiger partial charge >= 0.3 is 33.3 Å². The Balaban J connectivity index is 2.56. The SMILES string of the molecule is CCOCOC(CCC[Si](C[Si](CC)(OC)OC)(C[Si](C)(OC)C1CC2CC(CC(O)(C(F)(F)F)C(F)(F)F)C1C2)OC)(C(F)(F)F)C(F)(F)F. The molecule has 0 heterocycles. The first-order chi connectivity index (χ1) is 23.2. The van der Waals surface area contributed by atoms with Gasteiger partial charge in [0, 0.05) is 40.7 Å². The van der Waals surface area contributed by atoms with Crippen LogP contribution in [0.15, 0.2) is 0 Å². The van der Waals surface area contributed by atoms with Gasteiger partial charge in [0.15, 0.2) is 16.6 Å². The zero-order valence-corrected chi connectivity index (χ0v) is 32.7. The molecule has 0 spiro atoms. The van der Waals surface area contributed by atoms with E-state index in [0.29, 0.717) is 12.5 Å². The summed E-state index contributed by atoms with van der Waals surface area (Å²) in [4.78, 5) is 0. The maximum atomic E-state index is 14.2. The lowest BCUT2D eigenvalue weighted by molar-refractivity contribution is -0.394. The van der Waals surface area contributed by atoms with Crippen LogP contribution in [-0.4, -0.2) is 108 Å². The van der Waals surface area contributed by atoms with Crippen molar-refractivity contribution in [1.29, 1.82) is 0 Å². The molecule has 0 radical (unpaired) electrons. The van der Waals surface area contributed by atoms with Crippen molar-refractivity contribution < 1.29 is 85.0 Å². The number of ether oxygens (including phenoxy) is 2. The third kappa shape index (κ3) is 9.68. The normalized spacial score (nSPS) is 24.9. The third-order valence-electron chi connectivity index (χ3n) is 11.3. The van der Waals surface area contributed by atoms with Crippen LogP contribution in [0.25, 0.3) is 0 Å². The molecule has 6 atom stereocenters. The fraction of sp³-hybridized carbons (Fsp3) is 1.00. The molecule has 0 amide bonds. The highest BCUT2D eigenvalue weighted by Crippen LogP contribution is 2.63. The predicted octanol–water partition coefficient (Wildman–Crippen LogP) is 8.95. The highest BCUT2D eigenvalue weighted by molar-refractivity contribution is 6.98. The minimum absolute atomic E-state index is 0.0224. The molecule has 6 unspecified atom stereocenters. The van der Waals surface area contributed by atoms with Crippen molar-refractivity contribution in [3.8, 4) is 0 Å². The van der Waals surface area contributed by atoms with Gasteiger partial charge in [0.2, 0.25) is 0 Å². The fourth-order valence-electron chi connectivity index (χ4n) is 8.38. The van der Waals surface area contributed by atoms with Crippen LogP contribution in [0, 0.1) is 17.8 Å². The first-order valence-corrected chi connectivity index (χ1v) is 24.0. The number of hydrogen-bond acceptors (Lipinski definition) is 7. The molecule has 51 heavy (non-hydrogen) atoms. The van der Waals surface area contributed by atoms with Gasteiger partial charge in [0.1, 0.15) is 6.79 Å². The minimum atomic E-state index is -5.99. The molecule has 2 aliphatic carbocycles. The summed E-state index contributed by atoms with van der Waals surface area (Å²) in [6.45, 7) is 3.33. The molecule has 0 saturated heterocycles. The molecule has 0 aromatic carbocycles. The molecule has 2 fully saturated rings. The van der Waals surface area contributed by atoms with Crippen molar-refractivity contribution in [2.24, 2.45) is 17.8 Å². The predicted molar refractivity (Wildman–Crippen MR) is 167 cm³/mol. The van der Waals surface area contributed by atoms with Gasteiger partial charge in [-0.05, 0) is 86.6 Å². The molecule has 1 N–H and O–H groups in total. The second-order valence-electron chi connectivity index (χ2n) is 14.0.